The zero-order valence-corrected chi connectivity index (χ0v) is 11.8. The molecule has 1 aromatic carbocycles. The molecule has 0 fully saturated rings. The minimum Gasteiger partial charge on any atom is -0.497 e. The van der Waals surface area contributed by atoms with Crippen LogP contribution in [0.1, 0.15) is 24.8 Å². The summed E-state index contributed by atoms with van der Waals surface area (Å²) in [5.41, 5.74) is 0.899. The highest BCUT2D eigenvalue weighted by Gasteiger charge is 2.35. The SMILES string of the molecule is CNC(C)CC1CS(=O)(=O)c2ccc(OC)cc21. The maximum Gasteiger partial charge on any atom is 0.179 e. The predicted molar refractivity (Wildman–Crippen MR) is 70.9 cm³/mol. The van der Waals surface area contributed by atoms with Crippen LogP contribution in [0.15, 0.2) is 23.1 Å². The smallest absolute Gasteiger partial charge is 0.179 e. The van der Waals surface area contributed by atoms with Gasteiger partial charge in [0.1, 0.15) is 5.75 Å². The number of ether oxygens (including phenoxy) is 1. The number of hydrogen-bond donors (Lipinski definition) is 1. The van der Waals surface area contributed by atoms with Gasteiger partial charge in [-0.15, -0.1) is 0 Å². The van der Waals surface area contributed by atoms with Crippen LogP contribution in [0.4, 0.5) is 0 Å². The molecule has 1 heterocycles. The molecule has 0 saturated heterocycles. The summed E-state index contributed by atoms with van der Waals surface area (Å²) in [6, 6.07) is 5.52. The van der Waals surface area contributed by atoms with Crippen LogP contribution in [-0.2, 0) is 9.84 Å². The first-order chi connectivity index (χ1) is 8.47. The molecule has 1 aliphatic heterocycles. The molecular weight excluding hydrogens is 250 g/mol. The number of benzene rings is 1. The highest BCUT2D eigenvalue weighted by atomic mass is 32.2. The topological polar surface area (TPSA) is 55.4 Å². The first kappa shape index (κ1) is 13.4. The maximum atomic E-state index is 12.1. The molecule has 0 bridgehead atoms. The van der Waals surface area contributed by atoms with Crippen molar-refractivity contribution in [1.82, 2.24) is 5.32 Å². The van der Waals surface area contributed by atoms with Crippen molar-refractivity contribution in [3.63, 3.8) is 0 Å². The highest BCUT2D eigenvalue weighted by molar-refractivity contribution is 7.91. The second-order valence-electron chi connectivity index (χ2n) is 4.81. The molecule has 0 saturated carbocycles. The van der Waals surface area contributed by atoms with E-state index in [-0.39, 0.29) is 11.7 Å². The number of nitrogens with one attached hydrogen (secondary N) is 1. The molecule has 1 aromatic rings. The van der Waals surface area contributed by atoms with E-state index in [4.69, 9.17) is 4.74 Å². The number of fused-ring (bicyclic) bond motifs is 1. The van der Waals surface area contributed by atoms with Crippen molar-refractivity contribution in [3.8, 4) is 5.75 Å². The fourth-order valence-corrected chi connectivity index (χ4v) is 4.32. The van der Waals surface area contributed by atoms with Gasteiger partial charge >= 0.3 is 0 Å². The minimum atomic E-state index is -3.12. The van der Waals surface area contributed by atoms with E-state index < -0.39 is 9.84 Å². The van der Waals surface area contributed by atoms with Gasteiger partial charge in [-0.3, -0.25) is 0 Å². The van der Waals surface area contributed by atoms with Gasteiger partial charge < -0.3 is 10.1 Å². The van der Waals surface area contributed by atoms with E-state index in [1.165, 1.54) is 0 Å². The summed E-state index contributed by atoms with van der Waals surface area (Å²) in [7, 11) is 0.366. The van der Waals surface area contributed by atoms with Gasteiger partial charge in [0.15, 0.2) is 9.84 Å². The molecule has 2 atom stereocenters. The Labute approximate surface area is 108 Å². The zero-order valence-electron chi connectivity index (χ0n) is 10.9. The fourth-order valence-electron chi connectivity index (χ4n) is 2.44. The first-order valence-corrected chi connectivity index (χ1v) is 7.71. The Morgan fingerprint density at radius 2 is 2.22 bits per heavy atom. The summed E-state index contributed by atoms with van der Waals surface area (Å²) in [6.07, 6.45) is 0.815. The molecule has 18 heavy (non-hydrogen) atoms. The molecule has 4 nitrogen and oxygen atoms in total. The Morgan fingerprint density at radius 1 is 1.50 bits per heavy atom. The summed E-state index contributed by atoms with van der Waals surface area (Å²) in [5, 5.41) is 3.15. The zero-order chi connectivity index (χ0) is 13.3. The van der Waals surface area contributed by atoms with Gasteiger partial charge in [0.25, 0.3) is 0 Å². The lowest BCUT2D eigenvalue weighted by Gasteiger charge is -2.16. The maximum absolute atomic E-state index is 12.1. The van der Waals surface area contributed by atoms with E-state index in [0.29, 0.717) is 16.7 Å². The molecule has 0 spiro atoms. The van der Waals surface area contributed by atoms with Crippen molar-refractivity contribution in [3.05, 3.63) is 23.8 Å². The lowest BCUT2D eigenvalue weighted by atomic mass is 9.94. The number of hydrogen-bond acceptors (Lipinski definition) is 4. The molecule has 1 N–H and O–H groups in total. The summed E-state index contributed by atoms with van der Waals surface area (Å²) in [6.45, 7) is 2.06. The van der Waals surface area contributed by atoms with Crippen molar-refractivity contribution in [1.29, 1.82) is 0 Å². The number of rotatable bonds is 4. The van der Waals surface area contributed by atoms with Crippen LogP contribution in [0.5, 0.6) is 5.75 Å². The summed E-state index contributed by atoms with van der Waals surface area (Å²) >= 11 is 0. The van der Waals surface area contributed by atoms with Gasteiger partial charge in [-0.25, -0.2) is 8.42 Å². The summed E-state index contributed by atoms with van der Waals surface area (Å²) < 4.78 is 29.3. The van der Waals surface area contributed by atoms with E-state index >= 15 is 0 Å². The third-order valence-corrected chi connectivity index (χ3v) is 5.43. The van der Waals surface area contributed by atoms with E-state index in [0.717, 1.165) is 12.0 Å². The second-order valence-corrected chi connectivity index (χ2v) is 6.81. The summed E-state index contributed by atoms with van der Waals surface area (Å²) in [5.74, 6) is 0.983. The Bertz CT molecular complexity index is 539. The first-order valence-electron chi connectivity index (χ1n) is 6.06. The third-order valence-electron chi connectivity index (χ3n) is 3.54. The lowest BCUT2D eigenvalue weighted by Crippen LogP contribution is -2.24. The van der Waals surface area contributed by atoms with Crippen LogP contribution in [0.3, 0.4) is 0 Å². The molecular formula is C13H19NO3S. The van der Waals surface area contributed by atoms with Crippen molar-refractivity contribution in [2.75, 3.05) is 19.9 Å². The monoisotopic (exact) mass is 269 g/mol. The van der Waals surface area contributed by atoms with E-state index in [9.17, 15) is 8.42 Å². The molecule has 0 aromatic heterocycles. The van der Waals surface area contributed by atoms with Crippen molar-refractivity contribution >= 4 is 9.84 Å². The third kappa shape index (κ3) is 2.37. The second kappa shape index (κ2) is 4.90. The Morgan fingerprint density at radius 3 is 2.83 bits per heavy atom. The number of sulfone groups is 1. The normalized spacial score (nSPS) is 22.5. The Kier molecular flexibility index (Phi) is 3.64. The fraction of sp³-hybridized carbons (Fsp3) is 0.538. The van der Waals surface area contributed by atoms with Crippen molar-refractivity contribution in [2.24, 2.45) is 0 Å². The molecule has 1 aliphatic rings. The summed E-state index contributed by atoms with van der Waals surface area (Å²) in [4.78, 5) is 0.469. The lowest BCUT2D eigenvalue weighted by molar-refractivity contribution is 0.413. The standard InChI is InChI=1S/C13H19NO3S/c1-9(14-2)6-10-8-18(15,16)13-5-4-11(17-3)7-12(10)13/h4-5,7,9-10,14H,6,8H2,1-3H3. The Balaban J connectivity index is 2.39. The minimum absolute atomic E-state index is 0.0579. The molecule has 2 unspecified atom stereocenters. The average Bonchev–Trinajstić information content (AvgIpc) is 2.60. The quantitative estimate of drug-likeness (QED) is 0.901. The van der Waals surface area contributed by atoms with Gasteiger partial charge in [-0.1, -0.05) is 0 Å². The highest BCUT2D eigenvalue weighted by Crippen LogP contribution is 2.39. The van der Waals surface area contributed by atoms with Crippen molar-refractivity contribution < 1.29 is 13.2 Å². The molecule has 0 aliphatic carbocycles. The largest absolute Gasteiger partial charge is 0.497 e. The van der Waals surface area contributed by atoms with E-state index in [1.54, 1.807) is 19.2 Å². The van der Waals surface area contributed by atoms with E-state index in [2.05, 4.69) is 12.2 Å². The molecule has 0 amide bonds. The molecule has 0 radical (unpaired) electrons. The van der Waals surface area contributed by atoms with Crippen LogP contribution in [0.2, 0.25) is 0 Å². The van der Waals surface area contributed by atoms with Crippen LogP contribution < -0.4 is 10.1 Å². The van der Waals surface area contributed by atoms with Crippen LogP contribution >= 0.6 is 0 Å². The molecule has 2 rings (SSSR count). The van der Waals surface area contributed by atoms with Gasteiger partial charge in [-0.05, 0) is 44.2 Å². The van der Waals surface area contributed by atoms with Gasteiger partial charge in [0.2, 0.25) is 0 Å². The van der Waals surface area contributed by atoms with Crippen LogP contribution in [0, 0.1) is 0 Å². The van der Waals surface area contributed by atoms with Crippen LogP contribution in [0.25, 0.3) is 0 Å². The number of methoxy groups -OCH3 is 1. The average molecular weight is 269 g/mol. The Hall–Kier alpha value is -1.07. The van der Waals surface area contributed by atoms with Crippen molar-refractivity contribution in [2.45, 2.75) is 30.2 Å². The van der Waals surface area contributed by atoms with Crippen LogP contribution in [-0.4, -0.2) is 34.4 Å². The predicted octanol–water partition coefficient (Wildman–Crippen LogP) is 1.56. The van der Waals surface area contributed by atoms with E-state index in [1.807, 2.05) is 13.1 Å². The molecule has 5 heteroatoms. The van der Waals surface area contributed by atoms with Gasteiger partial charge in [0.05, 0.1) is 17.8 Å². The van der Waals surface area contributed by atoms with Gasteiger partial charge in [-0.2, -0.15) is 0 Å². The van der Waals surface area contributed by atoms with Gasteiger partial charge in [0, 0.05) is 12.0 Å². The molecule has 100 valence electrons.